The van der Waals surface area contributed by atoms with Crippen molar-refractivity contribution in [1.29, 1.82) is 0 Å². The minimum Gasteiger partial charge on any atom is -0.347 e. The summed E-state index contributed by atoms with van der Waals surface area (Å²) in [6.07, 6.45) is 16.6. The second-order valence-corrected chi connectivity index (χ2v) is 21.3. The Balaban J connectivity index is 0.930. The first-order valence-corrected chi connectivity index (χ1v) is 27.1. The summed E-state index contributed by atoms with van der Waals surface area (Å²) in [6, 6.07) is 7.34. The minimum atomic E-state index is -0.678. The monoisotopic (exact) mass is 978 g/mol. The van der Waals surface area contributed by atoms with E-state index in [2.05, 4.69) is 37.2 Å². The van der Waals surface area contributed by atoms with Gasteiger partial charge in [0.2, 0.25) is 35.4 Å². The van der Waals surface area contributed by atoms with Gasteiger partial charge in [-0.1, -0.05) is 62.8 Å². The fourth-order valence-corrected chi connectivity index (χ4v) is 12.5. The van der Waals surface area contributed by atoms with Gasteiger partial charge in [-0.05, 0) is 164 Å². The molecule has 2 aromatic rings. The number of amides is 7. The molecule has 0 aromatic heterocycles. The quantitative estimate of drug-likeness (QED) is 0.117. The SMILES string of the molecule is CN[C@@H](C)C(=O)N[C@H](C(=O)N1CCC[C@H]1C(=O)N[C@@H]1CCCc2c(NC(=O)c3cccc4c3CCC[C@H]4NC(=O)[C@@H]3CCCN3C(=O)[C@@H](NC(=O)[C@H](C)NC)C3CCCCC3)cccc21)C1CCCCC1. The van der Waals surface area contributed by atoms with E-state index in [0.717, 1.165) is 112 Å². The zero-order valence-corrected chi connectivity index (χ0v) is 42.5. The van der Waals surface area contributed by atoms with Crippen molar-refractivity contribution in [1.82, 2.24) is 41.7 Å². The van der Waals surface area contributed by atoms with Crippen LogP contribution in [0.2, 0.25) is 0 Å². The summed E-state index contributed by atoms with van der Waals surface area (Å²) in [5.41, 5.74) is 4.96. The maximum atomic E-state index is 14.4. The molecule has 386 valence electrons. The highest BCUT2D eigenvalue weighted by Gasteiger charge is 2.44. The van der Waals surface area contributed by atoms with Crippen LogP contribution in [-0.2, 0) is 41.6 Å². The largest absolute Gasteiger partial charge is 0.347 e. The first-order valence-electron chi connectivity index (χ1n) is 27.1. The summed E-state index contributed by atoms with van der Waals surface area (Å²) in [7, 11) is 3.44. The van der Waals surface area contributed by atoms with Crippen LogP contribution in [-0.4, -0.2) is 115 Å². The lowest BCUT2D eigenvalue weighted by Gasteiger charge is -2.36. The molecule has 16 heteroatoms. The molecule has 2 aliphatic heterocycles. The number of nitrogens with one attached hydrogen (secondary N) is 7. The maximum absolute atomic E-state index is 14.4. The maximum Gasteiger partial charge on any atom is 0.255 e. The normalized spacial score (nSPS) is 24.3. The second-order valence-electron chi connectivity index (χ2n) is 21.3. The number of likely N-dealkylation sites (tertiary alicyclic amines) is 2. The number of hydrogen-bond acceptors (Lipinski definition) is 9. The summed E-state index contributed by atoms with van der Waals surface area (Å²) >= 11 is 0. The van der Waals surface area contributed by atoms with Crippen LogP contribution >= 0.6 is 0 Å². The second kappa shape index (κ2) is 23.9. The average Bonchev–Trinajstić information content (AvgIpc) is 4.11. The molecule has 2 saturated heterocycles. The van der Waals surface area contributed by atoms with Crippen molar-refractivity contribution in [2.75, 3.05) is 32.5 Å². The molecule has 7 amide bonds. The van der Waals surface area contributed by atoms with E-state index in [1.54, 1.807) is 37.7 Å². The molecule has 8 rings (SSSR count). The molecule has 0 spiro atoms. The van der Waals surface area contributed by atoms with Crippen molar-refractivity contribution >= 4 is 47.0 Å². The van der Waals surface area contributed by atoms with Gasteiger partial charge in [0.05, 0.1) is 24.2 Å². The molecule has 0 unspecified atom stereocenters. The zero-order valence-electron chi connectivity index (χ0n) is 42.5. The molecule has 2 aromatic carbocycles. The Bertz CT molecular complexity index is 2280. The molecule has 8 atom stereocenters. The molecule has 6 aliphatic rings. The third-order valence-corrected chi connectivity index (χ3v) is 16.8. The Kier molecular flexibility index (Phi) is 17.5. The molecule has 16 nitrogen and oxygen atoms in total. The van der Waals surface area contributed by atoms with Crippen molar-refractivity contribution in [3.8, 4) is 0 Å². The van der Waals surface area contributed by atoms with Gasteiger partial charge in [0, 0.05) is 24.3 Å². The van der Waals surface area contributed by atoms with E-state index >= 15 is 0 Å². The van der Waals surface area contributed by atoms with E-state index in [1.807, 2.05) is 36.4 Å². The summed E-state index contributed by atoms with van der Waals surface area (Å²) in [6.45, 7) is 4.47. The summed E-state index contributed by atoms with van der Waals surface area (Å²) < 4.78 is 0. The van der Waals surface area contributed by atoms with Gasteiger partial charge in [0.15, 0.2) is 0 Å². The van der Waals surface area contributed by atoms with Gasteiger partial charge in [-0.15, -0.1) is 0 Å². The Morgan fingerprint density at radius 2 is 0.972 bits per heavy atom. The number of hydrogen-bond donors (Lipinski definition) is 7. The number of rotatable bonds is 16. The first-order chi connectivity index (χ1) is 34.4. The summed E-state index contributed by atoms with van der Waals surface area (Å²) in [5, 5.41) is 21.9. The average molecular weight is 978 g/mol. The highest BCUT2D eigenvalue weighted by molar-refractivity contribution is 6.06. The topological polar surface area (TPSA) is 210 Å². The van der Waals surface area contributed by atoms with Crippen LogP contribution in [0.5, 0.6) is 0 Å². The van der Waals surface area contributed by atoms with Crippen molar-refractivity contribution in [3.63, 3.8) is 0 Å². The fourth-order valence-electron chi connectivity index (χ4n) is 12.5. The number of nitrogens with zero attached hydrogens (tertiary/aromatic N) is 2. The lowest BCUT2D eigenvalue weighted by atomic mass is 9.83. The first kappa shape index (κ1) is 52.0. The van der Waals surface area contributed by atoms with E-state index in [4.69, 9.17) is 0 Å². The van der Waals surface area contributed by atoms with Gasteiger partial charge in [-0.2, -0.15) is 0 Å². The van der Waals surface area contributed by atoms with E-state index in [9.17, 15) is 33.6 Å². The van der Waals surface area contributed by atoms with Gasteiger partial charge < -0.3 is 47.0 Å². The van der Waals surface area contributed by atoms with Gasteiger partial charge in [0.1, 0.15) is 24.2 Å². The number of anilines is 1. The van der Waals surface area contributed by atoms with Crippen LogP contribution in [0.25, 0.3) is 0 Å². The number of fused-ring (bicyclic) bond motifs is 2. The smallest absolute Gasteiger partial charge is 0.255 e. The molecule has 2 saturated carbocycles. The zero-order chi connectivity index (χ0) is 50.2. The van der Waals surface area contributed by atoms with Crippen LogP contribution < -0.4 is 37.2 Å². The van der Waals surface area contributed by atoms with E-state index in [1.165, 1.54) is 0 Å². The highest BCUT2D eigenvalue weighted by Crippen LogP contribution is 2.38. The Morgan fingerprint density at radius 3 is 1.45 bits per heavy atom. The highest BCUT2D eigenvalue weighted by atomic mass is 16.2. The molecule has 4 aliphatic carbocycles. The van der Waals surface area contributed by atoms with Crippen LogP contribution in [0, 0.1) is 11.8 Å². The van der Waals surface area contributed by atoms with Gasteiger partial charge in [0.25, 0.3) is 5.91 Å². The molecule has 0 radical (unpaired) electrons. The van der Waals surface area contributed by atoms with Crippen molar-refractivity contribution in [2.45, 2.75) is 191 Å². The predicted molar refractivity (Wildman–Crippen MR) is 272 cm³/mol. The molecular weight excluding hydrogens is 899 g/mol. The Morgan fingerprint density at radius 1 is 0.521 bits per heavy atom. The molecule has 4 fully saturated rings. The molecular formula is C55H79N9O7. The van der Waals surface area contributed by atoms with Crippen molar-refractivity contribution < 1.29 is 33.6 Å². The Hall–Kier alpha value is -5.35. The molecule has 2 heterocycles. The van der Waals surface area contributed by atoms with Crippen LogP contribution in [0.3, 0.4) is 0 Å². The van der Waals surface area contributed by atoms with Gasteiger partial charge in [-0.25, -0.2) is 0 Å². The third-order valence-electron chi connectivity index (χ3n) is 16.8. The van der Waals surface area contributed by atoms with Crippen LogP contribution in [0.1, 0.15) is 174 Å². The fraction of sp³-hybridized carbons (Fsp3) is 0.655. The van der Waals surface area contributed by atoms with E-state index < -0.39 is 36.3 Å². The van der Waals surface area contributed by atoms with Crippen LogP contribution in [0.4, 0.5) is 5.69 Å². The van der Waals surface area contributed by atoms with Gasteiger partial charge in [-0.3, -0.25) is 33.6 Å². The number of carbonyl (C=O) groups is 7. The van der Waals surface area contributed by atoms with Crippen molar-refractivity contribution in [2.24, 2.45) is 11.8 Å². The third kappa shape index (κ3) is 11.8. The number of likely N-dealkylation sites (N-methyl/N-ethyl adjacent to an activating group) is 2. The van der Waals surface area contributed by atoms with E-state index in [-0.39, 0.29) is 65.3 Å². The van der Waals surface area contributed by atoms with Gasteiger partial charge >= 0.3 is 0 Å². The van der Waals surface area contributed by atoms with E-state index in [0.29, 0.717) is 62.9 Å². The molecule has 0 bridgehead atoms. The summed E-state index contributed by atoms with van der Waals surface area (Å²) in [5.74, 6) is -1.39. The van der Waals surface area contributed by atoms with Crippen molar-refractivity contribution in [3.05, 3.63) is 64.2 Å². The number of carbonyl (C=O) groups excluding carboxylic acids is 7. The molecule has 7 N–H and O–H groups in total. The lowest BCUT2D eigenvalue weighted by Crippen LogP contribution is -2.58. The molecule has 71 heavy (non-hydrogen) atoms. The summed E-state index contributed by atoms with van der Waals surface area (Å²) in [4.78, 5) is 101. The minimum absolute atomic E-state index is 0.0262. The standard InChI is InChI=1S/C55H79N9O7/c1-33(56-3)49(65)61-47(35-17-7-5-8-18-35)54(70)63-31-15-29-45(63)52(68)59-42-26-12-21-37-38(42)22-11-25-41(37)51(67)58-43-27-13-24-40-39(43)23-14-28-44(40)60-53(69)46-30-16-32-64(46)55(71)48(36-19-9-6-10-20-36)62-50(66)34(2)57-4/h11,13,22,24-25,27,33-36,42,44-48,56-57H,5-10,12,14-21,23,26,28-32H2,1-4H3,(H,58,67)(H,59,68)(H,60,69)(H,61,65)(H,62,66)/t33-,34-,42+,44+,45-,46-,47-,48-/m0/s1. The lowest BCUT2D eigenvalue weighted by molar-refractivity contribution is -0.143. The number of benzene rings is 2. The Labute approximate surface area is 420 Å². The van der Waals surface area contributed by atoms with Crippen LogP contribution in [0.15, 0.2) is 36.4 Å². The predicted octanol–water partition coefficient (Wildman–Crippen LogP) is 5.25.